The number of amides is 1. The molecule has 1 fully saturated rings. The Morgan fingerprint density at radius 2 is 2.00 bits per heavy atom. The van der Waals surface area contributed by atoms with Crippen LogP contribution in [0.3, 0.4) is 0 Å². The number of aliphatic hydroxyl groups is 1. The van der Waals surface area contributed by atoms with E-state index in [2.05, 4.69) is 15.9 Å². The molecule has 1 aromatic carbocycles. The second-order valence-electron chi connectivity index (χ2n) is 6.75. The Labute approximate surface area is 150 Å². The Morgan fingerprint density at radius 1 is 1.35 bits per heavy atom. The molecule has 1 aliphatic heterocycles. The van der Waals surface area contributed by atoms with E-state index in [-0.39, 0.29) is 11.3 Å². The third kappa shape index (κ3) is 6.01. The zero-order chi connectivity index (χ0) is 17.0. The number of benzene rings is 1. The van der Waals surface area contributed by atoms with Crippen LogP contribution in [0.1, 0.15) is 33.6 Å². The maximum absolute atomic E-state index is 12.2. The zero-order valence-electron chi connectivity index (χ0n) is 13.8. The third-order valence-corrected chi connectivity index (χ3v) is 5.43. The Hall–Kier alpha value is -0.720. The molecule has 0 radical (unpaired) electrons. The lowest BCUT2D eigenvalue weighted by atomic mass is 10.2. The largest absolute Gasteiger partial charge is 0.444 e. The molecule has 0 bridgehead atoms. The number of ether oxygens (including phenoxy) is 1. The first-order valence-electron chi connectivity index (χ1n) is 7.83. The lowest BCUT2D eigenvalue weighted by molar-refractivity contribution is 0.0177. The summed E-state index contributed by atoms with van der Waals surface area (Å²) in [7, 11) is 0. The van der Waals surface area contributed by atoms with E-state index in [4.69, 9.17) is 4.74 Å². The van der Waals surface area contributed by atoms with Gasteiger partial charge in [0.1, 0.15) is 5.60 Å². The molecule has 0 aromatic heterocycles. The number of nitrogens with zero attached hydrogens (tertiary/aromatic N) is 1. The Balaban J connectivity index is 1.96. The molecule has 1 aromatic rings. The highest BCUT2D eigenvalue weighted by Gasteiger charge is 2.30. The van der Waals surface area contributed by atoms with Crippen LogP contribution in [0.2, 0.25) is 0 Å². The van der Waals surface area contributed by atoms with Crippen LogP contribution < -0.4 is 0 Å². The molecule has 4 nitrogen and oxygen atoms in total. The minimum Gasteiger partial charge on any atom is -0.444 e. The number of carbonyl (C=O) groups excluding carboxylic acids is 1. The number of hydrogen-bond donors (Lipinski definition) is 1. The van der Waals surface area contributed by atoms with E-state index < -0.39 is 11.7 Å². The molecule has 1 aliphatic rings. The first-order chi connectivity index (χ1) is 10.7. The van der Waals surface area contributed by atoms with E-state index in [1.807, 2.05) is 45.0 Å². The first kappa shape index (κ1) is 18.6. The summed E-state index contributed by atoms with van der Waals surface area (Å²) in [5.74, 6) is 0. The Kier molecular flexibility index (Phi) is 6.40. The van der Waals surface area contributed by atoms with E-state index >= 15 is 0 Å². The first-order valence-corrected chi connectivity index (χ1v) is 9.50. The fraction of sp³-hybridized carbons (Fsp3) is 0.588. The highest BCUT2D eigenvalue weighted by atomic mass is 79.9. The van der Waals surface area contributed by atoms with Gasteiger partial charge in [-0.25, -0.2) is 4.79 Å². The molecule has 0 spiro atoms. The van der Waals surface area contributed by atoms with Crippen LogP contribution in [0.4, 0.5) is 4.79 Å². The molecule has 1 amide bonds. The molecular weight excluding hydrogens is 378 g/mol. The molecule has 2 unspecified atom stereocenters. The van der Waals surface area contributed by atoms with E-state index in [9.17, 15) is 9.90 Å². The number of carbonyl (C=O) groups is 1. The SMILES string of the molecule is CC(C)(C)OC(=O)N1CCCC(Sc2ccc(Br)cc2)C(O)C1. The fourth-order valence-electron chi connectivity index (χ4n) is 2.43. The predicted molar refractivity (Wildman–Crippen MR) is 96.8 cm³/mol. The highest BCUT2D eigenvalue weighted by molar-refractivity contribution is 9.10. The number of hydrogen-bond acceptors (Lipinski definition) is 4. The number of rotatable bonds is 2. The normalized spacial score (nSPS) is 22.6. The molecule has 0 saturated carbocycles. The minimum absolute atomic E-state index is 0.0867. The van der Waals surface area contributed by atoms with Crippen molar-refractivity contribution in [1.29, 1.82) is 0 Å². The predicted octanol–water partition coefficient (Wildman–Crippen LogP) is 4.30. The van der Waals surface area contributed by atoms with Gasteiger partial charge in [0.05, 0.1) is 12.6 Å². The second kappa shape index (κ2) is 7.90. The summed E-state index contributed by atoms with van der Waals surface area (Å²) in [6.07, 6.45) is 0.843. The summed E-state index contributed by atoms with van der Waals surface area (Å²) in [4.78, 5) is 14.9. The van der Waals surface area contributed by atoms with Crippen molar-refractivity contribution in [2.24, 2.45) is 0 Å². The molecule has 6 heteroatoms. The summed E-state index contributed by atoms with van der Waals surface area (Å²) < 4.78 is 6.45. The van der Waals surface area contributed by atoms with Crippen LogP contribution in [-0.4, -0.2) is 46.1 Å². The van der Waals surface area contributed by atoms with Crippen LogP contribution in [0.5, 0.6) is 0 Å². The zero-order valence-corrected chi connectivity index (χ0v) is 16.2. The average molecular weight is 402 g/mol. The smallest absolute Gasteiger partial charge is 0.410 e. The number of β-amino-alcohol motifs (C(OH)–C–C–N with tert-alkyl or cyclic N) is 1. The lowest BCUT2D eigenvalue weighted by Crippen LogP contribution is -2.41. The minimum atomic E-state index is -0.557. The lowest BCUT2D eigenvalue weighted by Gasteiger charge is -2.28. The molecule has 128 valence electrons. The highest BCUT2D eigenvalue weighted by Crippen LogP contribution is 2.31. The number of likely N-dealkylation sites (tertiary alicyclic amines) is 1. The van der Waals surface area contributed by atoms with Crippen molar-refractivity contribution in [1.82, 2.24) is 4.90 Å². The number of halogens is 1. The van der Waals surface area contributed by atoms with Gasteiger partial charge in [-0.2, -0.15) is 0 Å². The van der Waals surface area contributed by atoms with Crippen molar-refractivity contribution in [2.45, 2.75) is 55.5 Å². The van der Waals surface area contributed by atoms with Crippen molar-refractivity contribution in [3.8, 4) is 0 Å². The van der Waals surface area contributed by atoms with E-state index in [1.165, 1.54) is 0 Å². The van der Waals surface area contributed by atoms with Gasteiger partial charge >= 0.3 is 6.09 Å². The van der Waals surface area contributed by atoms with Gasteiger partial charge in [-0.1, -0.05) is 15.9 Å². The monoisotopic (exact) mass is 401 g/mol. The quantitative estimate of drug-likeness (QED) is 0.802. The summed E-state index contributed by atoms with van der Waals surface area (Å²) in [6, 6.07) is 8.08. The van der Waals surface area contributed by atoms with Gasteiger partial charge in [-0.15, -0.1) is 11.8 Å². The molecule has 1 heterocycles. The second-order valence-corrected chi connectivity index (χ2v) is 8.97. The summed E-state index contributed by atoms with van der Waals surface area (Å²) in [5, 5.41) is 10.6. The van der Waals surface area contributed by atoms with Gasteiger partial charge in [0, 0.05) is 21.2 Å². The summed E-state index contributed by atoms with van der Waals surface area (Å²) >= 11 is 5.10. The molecule has 23 heavy (non-hydrogen) atoms. The van der Waals surface area contributed by atoms with Gasteiger partial charge in [-0.05, 0) is 57.9 Å². The average Bonchev–Trinajstić information content (AvgIpc) is 2.62. The molecular formula is C17H24BrNO3S. The maximum atomic E-state index is 12.2. The fourth-order valence-corrected chi connectivity index (χ4v) is 3.86. The van der Waals surface area contributed by atoms with Crippen molar-refractivity contribution < 1.29 is 14.6 Å². The van der Waals surface area contributed by atoms with Gasteiger partial charge in [0.2, 0.25) is 0 Å². The van der Waals surface area contributed by atoms with Gasteiger partial charge in [0.15, 0.2) is 0 Å². The molecule has 1 N–H and O–H groups in total. The van der Waals surface area contributed by atoms with Crippen molar-refractivity contribution in [3.05, 3.63) is 28.7 Å². The van der Waals surface area contributed by atoms with E-state index in [0.29, 0.717) is 13.1 Å². The standard InChI is InChI=1S/C17H24BrNO3S/c1-17(2,3)22-16(21)19-10-4-5-15(14(20)11-19)23-13-8-6-12(18)7-9-13/h6-9,14-15,20H,4-5,10-11H2,1-3H3. The van der Waals surface area contributed by atoms with Crippen LogP contribution in [0.15, 0.2) is 33.6 Å². The van der Waals surface area contributed by atoms with Crippen LogP contribution >= 0.6 is 27.7 Å². The molecule has 0 aliphatic carbocycles. The van der Waals surface area contributed by atoms with Crippen molar-refractivity contribution >= 4 is 33.8 Å². The van der Waals surface area contributed by atoms with Crippen LogP contribution in [0, 0.1) is 0 Å². The molecule has 1 saturated heterocycles. The van der Waals surface area contributed by atoms with Crippen molar-refractivity contribution in [2.75, 3.05) is 13.1 Å². The van der Waals surface area contributed by atoms with Crippen LogP contribution in [0.25, 0.3) is 0 Å². The van der Waals surface area contributed by atoms with Gasteiger partial charge in [-0.3, -0.25) is 0 Å². The number of aliphatic hydroxyl groups excluding tert-OH is 1. The third-order valence-electron chi connectivity index (χ3n) is 3.51. The van der Waals surface area contributed by atoms with Gasteiger partial charge in [0.25, 0.3) is 0 Å². The van der Waals surface area contributed by atoms with E-state index in [1.54, 1.807) is 16.7 Å². The van der Waals surface area contributed by atoms with E-state index in [0.717, 1.165) is 22.2 Å². The van der Waals surface area contributed by atoms with Gasteiger partial charge < -0.3 is 14.7 Å². The Morgan fingerprint density at radius 3 is 2.61 bits per heavy atom. The molecule has 2 atom stereocenters. The topological polar surface area (TPSA) is 49.8 Å². The Bertz CT molecular complexity index is 530. The summed E-state index contributed by atoms with van der Waals surface area (Å²) in [6.45, 7) is 6.51. The maximum Gasteiger partial charge on any atom is 0.410 e. The van der Waals surface area contributed by atoms with Crippen molar-refractivity contribution in [3.63, 3.8) is 0 Å². The molecule has 2 rings (SSSR count). The summed E-state index contributed by atoms with van der Waals surface area (Å²) in [5.41, 5.74) is -0.514. The number of thioether (sulfide) groups is 1. The van der Waals surface area contributed by atoms with Crippen LogP contribution in [-0.2, 0) is 4.74 Å².